The molecule has 2 aromatic heterocycles. The van der Waals surface area contributed by atoms with Gasteiger partial charge in [-0.2, -0.15) is 5.10 Å². The van der Waals surface area contributed by atoms with Gasteiger partial charge in [-0.15, -0.1) is 10.2 Å². The predicted octanol–water partition coefficient (Wildman–Crippen LogP) is 1.88. The predicted molar refractivity (Wildman–Crippen MR) is 88.2 cm³/mol. The van der Waals surface area contributed by atoms with Crippen molar-refractivity contribution in [3.8, 4) is 0 Å². The second-order valence-electron chi connectivity index (χ2n) is 6.85. The first-order valence-electron chi connectivity index (χ1n) is 8.41. The molecule has 0 amide bonds. The van der Waals surface area contributed by atoms with Crippen molar-refractivity contribution in [1.82, 2.24) is 24.5 Å². The Morgan fingerprint density at radius 2 is 1.79 bits per heavy atom. The van der Waals surface area contributed by atoms with E-state index in [-0.39, 0.29) is 16.8 Å². The van der Waals surface area contributed by atoms with E-state index in [0.29, 0.717) is 11.6 Å². The minimum absolute atomic E-state index is 0.222. The van der Waals surface area contributed by atoms with Gasteiger partial charge < -0.3 is 0 Å². The molecule has 0 unspecified atom stereocenters. The first kappa shape index (κ1) is 15.6. The Hall–Kier alpha value is -1.90. The van der Waals surface area contributed by atoms with Gasteiger partial charge in [0, 0.05) is 32.1 Å². The average Bonchev–Trinajstić information content (AvgIpc) is 2.94. The van der Waals surface area contributed by atoms with Crippen molar-refractivity contribution in [2.24, 2.45) is 14.1 Å². The molecule has 0 aromatic carbocycles. The van der Waals surface area contributed by atoms with Gasteiger partial charge in [-0.25, -0.2) is 13.1 Å². The van der Waals surface area contributed by atoms with Gasteiger partial charge in [-0.1, -0.05) is 12.8 Å². The summed E-state index contributed by atoms with van der Waals surface area (Å²) in [6.07, 6.45) is 8.00. The summed E-state index contributed by atoms with van der Waals surface area (Å²) < 4.78 is 31.7. The Balaban J connectivity index is 1.65. The molecular weight excluding hydrogens is 328 g/mol. The molecule has 2 aliphatic rings. The molecule has 8 nitrogen and oxygen atoms in total. The summed E-state index contributed by atoms with van der Waals surface area (Å²) in [6.45, 7) is 0. The lowest BCUT2D eigenvalue weighted by Crippen LogP contribution is -2.17. The van der Waals surface area contributed by atoms with Crippen LogP contribution in [0.1, 0.15) is 61.9 Å². The molecule has 2 aliphatic carbocycles. The van der Waals surface area contributed by atoms with Crippen molar-refractivity contribution >= 4 is 16.0 Å². The molecule has 130 valence electrons. The fourth-order valence-electron chi connectivity index (χ4n) is 3.48. The van der Waals surface area contributed by atoms with Crippen LogP contribution in [0, 0.1) is 0 Å². The summed E-state index contributed by atoms with van der Waals surface area (Å²) >= 11 is 0. The van der Waals surface area contributed by atoms with Gasteiger partial charge in [0.2, 0.25) is 5.95 Å². The number of sulfonamides is 1. The number of hydrogen-bond acceptors (Lipinski definition) is 5. The summed E-state index contributed by atoms with van der Waals surface area (Å²) in [6, 6.07) is 0. The van der Waals surface area contributed by atoms with E-state index in [2.05, 4.69) is 20.0 Å². The maximum absolute atomic E-state index is 12.9. The molecule has 1 N–H and O–H groups in total. The van der Waals surface area contributed by atoms with Crippen LogP contribution >= 0.6 is 0 Å². The molecule has 2 aromatic rings. The quantitative estimate of drug-likeness (QED) is 0.888. The van der Waals surface area contributed by atoms with E-state index in [0.717, 1.165) is 44.3 Å². The van der Waals surface area contributed by atoms with Crippen molar-refractivity contribution < 1.29 is 8.42 Å². The number of anilines is 1. The van der Waals surface area contributed by atoms with E-state index >= 15 is 0 Å². The van der Waals surface area contributed by atoms with Crippen LogP contribution < -0.4 is 4.72 Å². The molecule has 0 bridgehead atoms. The minimum atomic E-state index is -3.73. The zero-order valence-corrected chi connectivity index (χ0v) is 14.8. The molecule has 2 heterocycles. The summed E-state index contributed by atoms with van der Waals surface area (Å²) in [5.74, 6) is 1.74. The van der Waals surface area contributed by atoms with Gasteiger partial charge in [-0.3, -0.25) is 9.25 Å². The van der Waals surface area contributed by atoms with Crippen LogP contribution in [0.3, 0.4) is 0 Å². The highest BCUT2D eigenvalue weighted by atomic mass is 32.2. The highest BCUT2D eigenvalue weighted by Gasteiger charge is 2.32. The first-order chi connectivity index (χ1) is 11.5. The maximum atomic E-state index is 12.9. The Labute approximate surface area is 141 Å². The van der Waals surface area contributed by atoms with E-state index in [1.807, 2.05) is 0 Å². The molecule has 24 heavy (non-hydrogen) atoms. The van der Waals surface area contributed by atoms with Crippen LogP contribution in [0.25, 0.3) is 0 Å². The van der Waals surface area contributed by atoms with E-state index in [1.54, 1.807) is 29.5 Å². The Morgan fingerprint density at radius 1 is 1.08 bits per heavy atom. The van der Waals surface area contributed by atoms with Gasteiger partial charge in [0.15, 0.2) is 0 Å². The lowest BCUT2D eigenvalue weighted by molar-refractivity contribution is 0.595. The minimum Gasteiger partial charge on any atom is -0.300 e. The topological polar surface area (TPSA) is 94.7 Å². The van der Waals surface area contributed by atoms with Gasteiger partial charge in [0.05, 0.1) is 5.69 Å². The summed E-state index contributed by atoms with van der Waals surface area (Å²) in [5.41, 5.74) is 0.673. The molecule has 4 rings (SSSR count). The van der Waals surface area contributed by atoms with E-state index in [1.165, 1.54) is 0 Å². The standard InChI is InChI=1S/C15H22N6O2S/c1-20-9-12(13(18-20)10-5-3-4-6-10)24(22,23)19-15-17-16-14(21(15)2)11-7-8-11/h9-11H,3-8H2,1-2H3,(H,17,19). The first-order valence-corrected chi connectivity index (χ1v) is 9.89. The monoisotopic (exact) mass is 350 g/mol. The third-order valence-electron chi connectivity index (χ3n) is 4.93. The number of rotatable bonds is 5. The zero-order chi connectivity index (χ0) is 16.9. The van der Waals surface area contributed by atoms with Gasteiger partial charge in [0.1, 0.15) is 10.7 Å². The van der Waals surface area contributed by atoms with Crippen LogP contribution in [0.5, 0.6) is 0 Å². The summed E-state index contributed by atoms with van der Waals surface area (Å²) in [7, 11) is -0.179. The molecule has 0 radical (unpaired) electrons. The average molecular weight is 350 g/mol. The molecule has 0 aliphatic heterocycles. The number of hydrogen-bond donors (Lipinski definition) is 1. The number of aryl methyl sites for hydroxylation is 1. The van der Waals surface area contributed by atoms with Crippen LogP contribution in [0.4, 0.5) is 5.95 Å². The third kappa shape index (κ3) is 2.70. The van der Waals surface area contributed by atoms with E-state index < -0.39 is 10.0 Å². The molecule has 0 saturated heterocycles. The number of nitrogens with one attached hydrogen (secondary N) is 1. The van der Waals surface area contributed by atoms with Gasteiger partial charge >= 0.3 is 0 Å². The van der Waals surface area contributed by atoms with Crippen LogP contribution in [-0.2, 0) is 24.1 Å². The van der Waals surface area contributed by atoms with Crippen molar-refractivity contribution in [1.29, 1.82) is 0 Å². The maximum Gasteiger partial charge on any atom is 0.267 e. The van der Waals surface area contributed by atoms with Crippen LogP contribution in [0.2, 0.25) is 0 Å². The van der Waals surface area contributed by atoms with E-state index in [9.17, 15) is 8.42 Å². The van der Waals surface area contributed by atoms with Crippen molar-refractivity contribution in [3.63, 3.8) is 0 Å². The zero-order valence-electron chi connectivity index (χ0n) is 13.9. The Bertz CT molecular complexity index is 859. The smallest absolute Gasteiger partial charge is 0.267 e. The molecule has 9 heteroatoms. The SMILES string of the molecule is Cn1cc(S(=O)(=O)Nc2nnc(C3CC3)n2C)c(C2CCCC2)n1. The van der Waals surface area contributed by atoms with Crippen molar-refractivity contribution in [2.45, 2.75) is 55.3 Å². The second-order valence-corrected chi connectivity index (χ2v) is 8.51. The molecule has 2 saturated carbocycles. The largest absolute Gasteiger partial charge is 0.300 e. The molecule has 0 atom stereocenters. The fraction of sp³-hybridized carbons (Fsp3) is 0.667. The van der Waals surface area contributed by atoms with Crippen LogP contribution in [0.15, 0.2) is 11.1 Å². The Kier molecular flexibility index (Phi) is 3.63. The van der Waals surface area contributed by atoms with E-state index in [4.69, 9.17) is 0 Å². The highest BCUT2D eigenvalue weighted by Crippen LogP contribution is 2.40. The number of nitrogens with zero attached hydrogens (tertiary/aromatic N) is 5. The third-order valence-corrected chi connectivity index (χ3v) is 6.27. The van der Waals surface area contributed by atoms with Crippen molar-refractivity contribution in [3.05, 3.63) is 17.7 Å². The van der Waals surface area contributed by atoms with Crippen LogP contribution in [-0.4, -0.2) is 33.0 Å². The molecule has 0 spiro atoms. The van der Waals surface area contributed by atoms with Crippen molar-refractivity contribution in [2.75, 3.05) is 4.72 Å². The highest BCUT2D eigenvalue weighted by molar-refractivity contribution is 7.92. The normalized spacial score (nSPS) is 19.1. The summed E-state index contributed by atoms with van der Waals surface area (Å²) in [5, 5.41) is 12.6. The lowest BCUT2D eigenvalue weighted by atomic mass is 10.1. The van der Waals surface area contributed by atoms with Gasteiger partial charge in [0.25, 0.3) is 10.0 Å². The number of aromatic nitrogens is 5. The lowest BCUT2D eigenvalue weighted by Gasteiger charge is -2.10. The van der Waals surface area contributed by atoms with Gasteiger partial charge in [-0.05, 0) is 25.7 Å². The molecular formula is C15H22N6O2S. The summed E-state index contributed by atoms with van der Waals surface area (Å²) in [4.78, 5) is 0.257. The molecule has 2 fully saturated rings. The fourth-order valence-corrected chi connectivity index (χ4v) is 4.78. The Morgan fingerprint density at radius 3 is 2.46 bits per heavy atom. The second kappa shape index (κ2) is 5.58.